The number of nitrogens with zero attached hydrogens (tertiary/aromatic N) is 1. The number of benzene rings is 2. The largest absolute Gasteiger partial charge is 0.354 e. The Hall–Kier alpha value is -2.88. The fraction of sp³-hybridized carbons (Fsp3) is 0.320. The lowest BCUT2D eigenvalue weighted by molar-refractivity contribution is 0.0800. The molecule has 4 rings (SSSR count). The maximum Gasteiger partial charge on any atom is 0.257 e. The number of amides is 1. The maximum absolute atomic E-state index is 14.1. The number of halogens is 1. The summed E-state index contributed by atoms with van der Waals surface area (Å²) in [7, 11) is 0. The fourth-order valence-corrected chi connectivity index (χ4v) is 4.30. The summed E-state index contributed by atoms with van der Waals surface area (Å²) >= 11 is 0. The lowest BCUT2D eigenvalue weighted by atomic mass is 9.81. The van der Waals surface area contributed by atoms with E-state index in [4.69, 9.17) is 0 Å². The SMILES string of the molecule is Cc1ccc(C(=O)N2C=C(C(C)C)c3[nH]c4ccccc4c3C(C)(C)C2)cc1F. The van der Waals surface area contributed by atoms with E-state index in [0.717, 1.165) is 16.8 Å². The van der Waals surface area contributed by atoms with Crippen LogP contribution in [0.5, 0.6) is 0 Å². The van der Waals surface area contributed by atoms with Gasteiger partial charge in [0.2, 0.25) is 0 Å². The van der Waals surface area contributed by atoms with Crippen LogP contribution < -0.4 is 0 Å². The van der Waals surface area contributed by atoms with Gasteiger partial charge in [0.25, 0.3) is 5.91 Å². The molecular weight excluding hydrogens is 363 g/mol. The van der Waals surface area contributed by atoms with Gasteiger partial charge in [-0.1, -0.05) is 52.0 Å². The molecule has 0 bridgehead atoms. The molecule has 29 heavy (non-hydrogen) atoms. The molecule has 0 fully saturated rings. The Bertz CT molecular complexity index is 1140. The molecule has 0 saturated heterocycles. The molecule has 0 radical (unpaired) electrons. The highest BCUT2D eigenvalue weighted by atomic mass is 19.1. The van der Waals surface area contributed by atoms with Gasteiger partial charge in [-0.25, -0.2) is 4.39 Å². The molecule has 0 atom stereocenters. The van der Waals surface area contributed by atoms with E-state index in [-0.39, 0.29) is 23.1 Å². The summed E-state index contributed by atoms with van der Waals surface area (Å²) in [6.07, 6.45) is 1.95. The van der Waals surface area contributed by atoms with E-state index in [9.17, 15) is 9.18 Å². The van der Waals surface area contributed by atoms with E-state index in [1.807, 2.05) is 18.3 Å². The molecule has 0 aliphatic carbocycles. The Morgan fingerprint density at radius 2 is 1.90 bits per heavy atom. The molecule has 1 aliphatic rings. The van der Waals surface area contributed by atoms with E-state index < -0.39 is 0 Å². The monoisotopic (exact) mass is 390 g/mol. The highest BCUT2D eigenvalue weighted by Crippen LogP contribution is 2.42. The molecule has 0 spiro atoms. The molecule has 2 aromatic carbocycles. The van der Waals surface area contributed by atoms with Crippen molar-refractivity contribution in [3.63, 3.8) is 0 Å². The third-order valence-corrected chi connectivity index (χ3v) is 5.83. The predicted octanol–water partition coefficient (Wildman–Crippen LogP) is 6.05. The number of aromatic nitrogens is 1. The minimum Gasteiger partial charge on any atom is -0.354 e. The first kappa shape index (κ1) is 19.4. The van der Waals surface area contributed by atoms with Crippen LogP contribution >= 0.6 is 0 Å². The van der Waals surface area contributed by atoms with Crippen molar-refractivity contribution in [2.45, 2.75) is 40.0 Å². The van der Waals surface area contributed by atoms with Crippen molar-refractivity contribution in [1.82, 2.24) is 9.88 Å². The standard InChI is InChI=1S/C25H27FN2O/c1-15(2)19-13-28(24(29)17-11-10-16(3)20(26)12-17)14-25(4,5)22-18-8-6-7-9-21(18)27-23(19)22/h6-13,15,27H,14H2,1-5H3. The van der Waals surface area contributed by atoms with Crippen LogP contribution in [0.2, 0.25) is 0 Å². The number of carbonyl (C=O) groups is 1. The van der Waals surface area contributed by atoms with Gasteiger partial charge < -0.3 is 9.88 Å². The first-order valence-corrected chi connectivity index (χ1v) is 10.1. The van der Waals surface area contributed by atoms with Gasteiger partial charge in [-0.3, -0.25) is 4.79 Å². The van der Waals surface area contributed by atoms with Crippen LogP contribution in [0.25, 0.3) is 16.5 Å². The van der Waals surface area contributed by atoms with Crippen molar-refractivity contribution in [2.75, 3.05) is 6.54 Å². The molecule has 0 saturated carbocycles. The van der Waals surface area contributed by atoms with Gasteiger partial charge in [0, 0.05) is 40.3 Å². The predicted molar refractivity (Wildman–Crippen MR) is 116 cm³/mol. The van der Waals surface area contributed by atoms with Crippen molar-refractivity contribution < 1.29 is 9.18 Å². The van der Waals surface area contributed by atoms with E-state index >= 15 is 0 Å². The number of allylic oxidation sites excluding steroid dienone is 1. The fourth-order valence-electron chi connectivity index (χ4n) is 4.30. The number of aromatic amines is 1. The molecular formula is C25H27FN2O. The molecule has 0 unspecified atom stereocenters. The second-order valence-electron chi connectivity index (χ2n) is 8.94. The topological polar surface area (TPSA) is 36.1 Å². The molecule has 1 amide bonds. The van der Waals surface area contributed by atoms with Gasteiger partial charge in [0.05, 0.1) is 0 Å². The number of H-pyrrole nitrogens is 1. The Kier molecular flexibility index (Phi) is 4.60. The van der Waals surface area contributed by atoms with Gasteiger partial charge in [0.15, 0.2) is 0 Å². The Morgan fingerprint density at radius 1 is 1.17 bits per heavy atom. The minimum absolute atomic E-state index is 0.176. The van der Waals surface area contributed by atoms with E-state index in [0.29, 0.717) is 17.7 Å². The highest BCUT2D eigenvalue weighted by molar-refractivity contribution is 5.97. The van der Waals surface area contributed by atoms with Crippen LogP contribution in [0.15, 0.2) is 48.7 Å². The third kappa shape index (κ3) is 3.27. The van der Waals surface area contributed by atoms with Crippen LogP contribution in [0, 0.1) is 18.7 Å². The molecule has 150 valence electrons. The molecule has 3 nitrogen and oxygen atoms in total. The van der Waals surface area contributed by atoms with Crippen molar-refractivity contribution in [3.8, 4) is 0 Å². The zero-order valence-electron chi connectivity index (χ0n) is 17.6. The number of hydrogen-bond donors (Lipinski definition) is 1. The number of nitrogens with one attached hydrogen (secondary N) is 1. The number of para-hydroxylation sites is 1. The van der Waals surface area contributed by atoms with Gasteiger partial charge in [-0.15, -0.1) is 0 Å². The van der Waals surface area contributed by atoms with Crippen LogP contribution in [0.1, 0.15) is 54.9 Å². The van der Waals surface area contributed by atoms with Crippen LogP contribution in [0.3, 0.4) is 0 Å². The first-order valence-electron chi connectivity index (χ1n) is 10.1. The van der Waals surface area contributed by atoms with Gasteiger partial charge >= 0.3 is 0 Å². The second-order valence-corrected chi connectivity index (χ2v) is 8.94. The number of hydrogen-bond acceptors (Lipinski definition) is 1. The molecule has 1 N–H and O–H groups in total. The number of aryl methyl sites for hydroxylation is 1. The summed E-state index contributed by atoms with van der Waals surface area (Å²) in [5.41, 5.74) is 5.16. The van der Waals surface area contributed by atoms with E-state index in [1.165, 1.54) is 17.0 Å². The Balaban J connectivity index is 1.87. The molecule has 1 aliphatic heterocycles. The summed E-state index contributed by atoms with van der Waals surface area (Å²) in [5, 5.41) is 1.19. The quantitative estimate of drug-likeness (QED) is 0.568. The normalized spacial score (nSPS) is 16.0. The zero-order valence-corrected chi connectivity index (χ0v) is 17.6. The van der Waals surface area contributed by atoms with Crippen molar-refractivity contribution in [3.05, 3.63) is 76.9 Å². The molecule has 3 aromatic rings. The minimum atomic E-state index is -0.353. The molecule has 2 heterocycles. The lowest BCUT2D eigenvalue weighted by Gasteiger charge is -2.29. The van der Waals surface area contributed by atoms with Crippen molar-refractivity contribution in [1.29, 1.82) is 0 Å². The van der Waals surface area contributed by atoms with E-state index in [1.54, 1.807) is 24.0 Å². The van der Waals surface area contributed by atoms with Gasteiger partial charge in [0.1, 0.15) is 5.82 Å². The van der Waals surface area contributed by atoms with Crippen LogP contribution in [0.4, 0.5) is 4.39 Å². The number of carbonyl (C=O) groups excluding carboxylic acids is 1. The second kappa shape index (κ2) is 6.87. The van der Waals surface area contributed by atoms with E-state index in [2.05, 4.69) is 44.8 Å². The third-order valence-electron chi connectivity index (χ3n) is 5.83. The summed E-state index contributed by atoms with van der Waals surface area (Å²) in [5.74, 6) is -0.306. The highest BCUT2D eigenvalue weighted by Gasteiger charge is 2.35. The average molecular weight is 391 g/mol. The van der Waals surface area contributed by atoms with Gasteiger partial charge in [-0.05, 0) is 47.7 Å². The number of fused-ring (bicyclic) bond motifs is 3. The molecule has 4 heteroatoms. The molecule has 1 aromatic heterocycles. The maximum atomic E-state index is 14.1. The van der Waals surface area contributed by atoms with Crippen molar-refractivity contribution >= 4 is 22.4 Å². The zero-order chi connectivity index (χ0) is 20.9. The van der Waals surface area contributed by atoms with Crippen molar-refractivity contribution in [2.24, 2.45) is 5.92 Å². The average Bonchev–Trinajstić information content (AvgIpc) is 3.01. The number of rotatable bonds is 2. The summed E-state index contributed by atoms with van der Waals surface area (Å²) in [4.78, 5) is 18.7. The summed E-state index contributed by atoms with van der Waals surface area (Å²) in [6, 6.07) is 13.0. The summed E-state index contributed by atoms with van der Waals surface area (Å²) < 4.78 is 14.1. The Morgan fingerprint density at radius 3 is 2.59 bits per heavy atom. The van der Waals surface area contributed by atoms with Crippen LogP contribution in [-0.4, -0.2) is 22.3 Å². The smallest absolute Gasteiger partial charge is 0.257 e. The Labute approximate surface area is 171 Å². The lowest BCUT2D eigenvalue weighted by Crippen LogP contribution is -2.37. The van der Waals surface area contributed by atoms with Crippen LogP contribution in [-0.2, 0) is 5.41 Å². The first-order chi connectivity index (χ1) is 13.7. The van der Waals surface area contributed by atoms with Gasteiger partial charge in [-0.2, -0.15) is 0 Å². The summed E-state index contributed by atoms with van der Waals surface area (Å²) in [6.45, 7) is 10.8.